The molecule has 7 heteroatoms. The Labute approximate surface area is 110 Å². The van der Waals surface area contributed by atoms with Crippen LogP contribution in [0.1, 0.15) is 22.0 Å². The van der Waals surface area contributed by atoms with Crippen LogP contribution >= 0.6 is 22.7 Å². The first kappa shape index (κ1) is 13.4. The molecule has 0 saturated carbocycles. The van der Waals surface area contributed by atoms with Crippen LogP contribution in [0.25, 0.3) is 0 Å². The summed E-state index contributed by atoms with van der Waals surface area (Å²) in [7, 11) is 1.47. The summed E-state index contributed by atoms with van der Waals surface area (Å²) in [5.74, 6) is 0.520. The number of rotatable bonds is 3. The Kier molecular flexibility index (Phi) is 3.65. The third-order valence-electron chi connectivity index (χ3n) is 2.49. The molecule has 2 N–H and O–H groups in total. The van der Waals surface area contributed by atoms with Gasteiger partial charge < -0.3 is 10.5 Å². The molecule has 0 aromatic carbocycles. The zero-order chi connectivity index (χ0) is 13.3. The van der Waals surface area contributed by atoms with Gasteiger partial charge in [0.1, 0.15) is 5.75 Å². The van der Waals surface area contributed by atoms with Gasteiger partial charge in [0.15, 0.2) is 0 Å². The van der Waals surface area contributed by atoms with E-state index < -0.39 is 17.8 Å². The molecule has 0 aliphatic heterocycles. The summed E-state index contributed by atoms with van der Waals surface area (Å²) in [6.07, 6.45) is -4.38. The van der Waals surface area contributed by atoms with Crippen molar-refractivity contribution in [3.63, 3.8) is 0 Å². The van der Waals surface area contributed by atoms with Crippen LogP contribution in [0, 0.1) is 0 Å². The van der Waals surface area contributed by atoms with E-state index in [1.54, 1.807) is 11.4 Å². The molecule has 2 aromatic heterocycles. The van der Waals surface area contributed by atoms with Crippen molar-refractivity contribution >= 4 is 22.7 Å². The van der Waals surface area contributed by atoms with Crippen LogP contribution in [0.15, 0.2) is 22.2 Å². The van der Waals surface area contributed by atoms with Gasteiger partial charge in [0, 0.05) is 5.38 Å². The lowest BCUT2D eigenvalue weighted by Gasteiger charge is -2.14. The second kappa shape index (κ2) is 4.91. The smallest absolute Gasteiger partial charge is 0.417 e. The summed E-state index contributed by atoms with van der Waals surface area (Å²) in [4.78, 5) is 0.599. The van der Waals surface area contributed by atoms with Crippen molar-refractivity contribution < 1.29 is 17.9 Å². The minimum absolute atomic E-state index is 0.0910. The van der Waals surface area contributed by atoms with Gasteiger partial charge >= 0.3 is 6.18 Å². The van der Waals surface area contributed by atoms with Crippen molar-refractivity contribution in [1.29, 1.82) is 0 Å². The maximum absolute atomic E-state index is 12.8. The third-order valence-corrected chi connectivity index (χ3v) is 4.24. The highest BCUT2D eigenvalue weighted by atomic mass is 32.1. The Morgan fingerprint density at radius 2 is 2.06 bits per heavy atom. The molecule has 2 nitrogen and oxygen atoms in total. The molecule has 0 saturated heterocycles. The van der Waals surface area contributed by atoms with Crippen molar-refractivity contribution in [3.05, 3.63) is 38.2 Å². The van der Waals surface area contributed by atoms with E-state index in [1.807, 2.05) is 0 Å². The molecule has 1 unspecified atom stereocenters. The van der Waals surface area contributed by atoms with Crippen LogP contribution in [-0.4, -0.2) is 7.11 Å². The predicted molar refractivity (Wildman–Crippen MR) is 66.2 cm³/mol. The van der Waals surface area contributed by atoms with Gasteiger partial charge in [-0.2, -0.15) is 24.5 Å². The van der Waals surface area contributed by atoms with Crippen LogP contribution in [0.4, 0.5) is 13.2 Å². The topological polar surface area (TPSA) is 35.2 Å². The normalized spacial score (nSPS) is 13.6. The van der Waals surface area contributed by atoms with Gasteiger partial charge in [-0.3, -0.25) is 0 Å². The Morgan fingerprint density at radius 1 is 1.33 bits per heavy atom. The molecule has 0 aliphatic rings. The summed E-state index contributed by atoms with van der Waals surface area (Å²) < 4.78 is 43.5. The fourth-order valence-electron chi connectivity index (χ4n) is 1.62. The third kappa shape index (κ3) is 2.38. The molecule has 2 aromatic rings. The van der Waals surface area contributed by atoms with Crippen LogP contribution in [0.5, 0.6) is 5.75 Å². The molecule has 2 rings (SSSR count). The summed E-state index contributed by atoms with van der Waals surface area (Å²) in [6, 6.07) is 0.877. The van der Waals surface area contributed by atoms with Crippen LogP contribution in [0.3, 0.4) is 0 Å². The van der Waals surface area contributed by atoms with Gasteiger partial charge in [-0.15, -0.1) is 11.3 Å². The first-order valence-electron chi connectivity index (χ1n) is 4.95. The fourth-order valence-corrected chi connectivity index (χ4v) is 3.40. The van der Waals surface area contributed by atoms with E-state index in [0.29, 0.717) is 10.6 Å². The lowest BCUT2D eigenvalue weighted by molar-refractivity contribution is -0.138. The van der Waals surface area contributed by atoms with Gasteiger partial charge in [-0.1, -0.05) is 0 Å². The van der Waals surface area contributed by atoms with Crippen LogP contribution in [-0.2, 0) is 6.18 Å². The summed E-state index contributed by atoms with van der Waals surface area (Å²) in [5.41, 5.74) is 5.34. The summed E-state index contributed by atoms with van der Waals surface area (Å²) in [6.45, 7) is 0. The van der Waals surface area contributed by atoms with E-state index in [1.165, 1.54) is 23.8 Å². The van der Waals surface area contributed by atoms with E-state index in [4.69, 9.17) is 10.5 Å². The highest BCUT2D eigenvalue weighted by molar-refractivity contribution is 7.10. The minimum atomic E-state index is -4.38. The number of methoxy groups -OCH3 is 1. The number of hydrogen-bond donors (Lipinski definition) is 1. The first-order chi connectivity index (χ1) is 8.45. The second-order valence-electron chi connectivity index (χ2n) is 3.57. The molecule has 2 heterocycles. The van der Waals surface area contributed by atoms with Crippen molar-refractivity contribution in [1.82, 2.24) is 0 Å². The van der Waals surface area contributed by atoms with E-state index in [0.717, 1.165) is 16.7 Å². The van der Waals surface area contributed by atoms with E-state index in [9.17, 15) is 13.2 Å². The zero-order valence-electron chi connectivity index (χ0n) is 9.32. The Hall–Kier alpha value is -1.05. The van der Waals surface area contributed by atoms with Crippen molar-refractivity contribution in [2.24, 2.45) is 5.73 Å². The fraction of sp³-hybridized carbons (Fsp3) is 0.273. The predicted octanol–water partition coefficient (Wildman–Crippen LogP) is 3.89. The Bertz CT molecular complexity index is 532. The van der Waals surface area contributed by atoms with Gasteiger partial charge in [-0.25, -0.2) is 0 Å². The number of thiophene rings is 2. The molecule has 18 heavy (non-hydrogen) atoms. The molecule has 0 amide bonds. The van der Waals surface area contributed by atoms with Gasteiger partial charge in [0.25, 0.3) is 0 Å². The highest BCUT2D eigenvalue weighted by Gasteiger charge is 2.36. The van der Waals surface area contributed by atoms with Gasteiger partial charge in [0.05, 0.1) is 23.6 Å². The Morgan fingerprint density at radius 3 is 2.67 bits per heavy atom. The number of alkyl halides is 3. The standard InChI is InChI=1S/C11H10F3NOS2/c1-16-8-2-3-18-10(8)9(15)6-4-17-5-7(6)11(12,13)14/h2-5,9H,15H2,1H3. The molecular weight excluding hydrogens is 283 g/mol. The van der Waals surface area contributed by atoms with Crippen molar-refractivity contribution in [3.8, 4) is 5.75 Å². The van der Waals surface area contributed by atoms with E-state index in [2.05, 4.69) is 0 Å². The molecule has 98 valence electrons. The number of hydrogen-bond acceptors (Lipinski definition) is 4. The first-order valence-corrected chi connectivity index (χ1v) is 6.77. The monoisotopic (exact) mass is 293 g/mol. The number of ether oxygens (including phenoxy) is 1. The molecule has 0 spiro atoms. The summed E-state index contributed by atoms with van der Waals surface area (Å²) >= 11 is 2.28. The lowest BCUT2D eigenvalue weighted by atomic mass is 10.0. The average molecular weight is 293 g/mol. The molecule has 0 aliphatic carbocycles. The molecular formula is C11H10F3NOS2. The highest BCUT2D eigenvalue weighted by Crippen LogP contribution is 2.41. The lowest BCUT2D eigenvalue weighted by Crippen LogP contribution is -2.16. The maximum atomic E-state index is 12.8. The van der Waals surface area contributed by atoms with Crippen molar-refractivity contribution in [2.75, 3.05) is 7.11 Å². The van der Waals surface area contributed by atoms with E-state index >= 15 is 0 Å². The second-order valence-corrected chi connectivity index (χ2v) is 5.26. The average Bonchev–Trinajstić information content (AvgIpc) is 2.95. The zero-order valence-corrected chi connectivity index (χ0v) is 11.0. The minimum Gasteiger partial charge on any atom is -0.496 e. The Balaban J connectivity index is 2.41. The van der Waals surface area contributed by atoms with E-state index in [-0.39, 0.29) is 5.56 Å². The SMILES string of the molecule is COc1ccsc1C(N)c1cscc1C(F)(F)F. The quantitative estimate of drug-likeness (QED) is 0.932. The number of halogens is 3. The molecule has 0 fully saturated rings. The number of nitrogens with two attached hydrogens (primary N) is 1. The van der Waals surface area contributed by atoms with Crippen LogP contribution < -0.4 is 10.5 Å². The van der Waals surface area contributed by atoms with Gasteiger partial charge in [0.2, 0.25) is 0 Å². The van der Waals surface area contributed by atoms with Crippen LogP contribution in [0.2, 0.25) is 0 Å². The summed E-state index contributed by atoms with van der Waals surface area (Å²) in [5, 5.41) is 4.26. The van der Waals surface area contributed by atoms with Crippen molar-refractivity contribution in [2.45, 2.75) is 12.2 Å². The largest absolute Gasteiger partial charge is 0.496 e. The maximum Gasteiger partial charge on any atom is 0.417 e. The van der Waals surface area contributed by atoms with Gasteiger partial charge in [-0.05, 0) is 22.4 Å². The molecule has 0 bridgehead atoms. The molecule has 0 radical (unpaired) electrons. The molecule has 1 atom stereocenters.